The number of aromatic nitrogens is 1. The fourth-order valence-corrected chi connectivity index (χ4v) is 2.72. The molecule has 1 heterocycles. The number of thiazole rings is 1. The number of nitrogens with zero attached hydrogens (tertiary/aromatic N) is 1. The number of benzene rings is 1. The number of aliphatic hydroxyl groups excluding tert-OH is 1. The Bertz CT molecular complexity index is 530. The maximum atomic E-state index is 9.92. The van der Waals surface area contributed by atoms with Crippen LogP contribution in [-0.4, -0.2) is 29.3 Å². The molecule has 2 unspecified atom stereocenters. The SMILES string of the molecule is Cc1cnc(C(C)NCC(O)COCc2ccccc2)s1. The third kappa shape index (κ3) is 5.55. The van der Waals surface area contributed by atoms with Crippen LogP contribution in [0.4, 0.5) is 0 Å². The Hall–Kier alpha value is -1.27. The molecule has 0 amide bonds. The van der Waals surface area contributed by atoms with Crippen LogP contribution in [0.5, 0.6) is 0 Å². The fourth-order valence-electron chi connectivity index (χ4n) is 1.92. The van der Waals surface area contributed by atoms with Gasteiger partial charge in [-0.3, -0.25) is 0 Å². The topological polar surface area (TPSA) is 54.4 Å². The van der Waals surface area contributed by atoms with Crippen molar-refractivity contribution in [2.24, 2.45) is 0 Å². The van der Waals surface area contributed by atoms with Gasteiger partial charge in [0.1, 0.15) is 5.01 Å². The van der Waals surface area contributed by atoms with Gasteiger partial charge >= 0.3 is 0 Å². The standard InChI is InChI=1S/C16H22N2O2S/c1-12-8-18-16(21-12)13(2)17-9-15(19)11-20-10-14-6-4-3-5-7-14/h3-8,13,15,17,19H,9-11H2,1-2H3. The Morgan fingerprint density at radius 1 is 1.33 bits per heavy atom. The first-order chi connectivity index (χ1) is 10.1. The van der Waals surface area contributed by atoms with E-state index in [9.17, 15) is 5.11 Å². The second kappa shape index (κ2) is 8.24. The minimum Gasteiger partial charge on any atom is -0.389 e. The minimum absolute atomic E-state index is 0.146. The summed E-state index contributed by atoms with van der Waals surface area (Å²) in [5, 5.41) is 14.2. The summed E-state index contributed by atoms with van der Waals surface area (Å²) in [6.45, 7) is 5.44. The molecule has 1 aromatic carbocycles. The van der Waals surface area contributed by atoms with Crippen LogP contribution < -0.4 is 5.32 Å². The van der Waals surface area contributed by atoms with E-state index in [1.165, 1.54) is 4.88 Å². The van der Waals surface area contributed by atoms with Crippen LogP contribution in [0.3, 0.4) is 0 Å². The van der Waals surface area contributed by atoms with Crippen LogP contribution in [0.1, 0.15) is 28.4 Å². The van der Waals surface area contributed by atoms with Crippen molar-refractivity contribution in [3.05, 3.63) is 52.0 Å². The van der Waals surface area contributed by atoms with E-state index in [1.54, 1.807) is 11.3 Å². The van der Waals surface area contributed by atoms with E-state index in [0.29, 0.717) is 19.8 Å². The van der Waals surface area contributed by atoms with Gasteiger partial charge in [0, 0.05) is 17.6 Å². The summed E-state index contributed by atoms with van der Waals surface area (Å²) in [6, 6.07) is 10.1. The third-order valence-electron chi connectivity index (χ3n) is 3.09. The van der Waals surface area contributed by atoms with Gasteiger partial charge in [-0.1, -0.05) is 30.3 Å². The number of aryl methyl sites for hydroxylation is 1. The lowest BCUT2D eigenvalue weighted by Gasteiger charge is -2.15. The van der Waals surface area contributed by atoms with Gasteiger partial charge in [0.15, 0.2) is 0 Å². The second-order valence-corrected chi connectivity index (χ2v) is 6.36. The molecule has 0 fully saturated rings. The molecule has 0 saturated carbocycles. The van der Waals surface area contributed by atoms with Gasteiger partial charge in [0.2, 0.25) is 0 Å². The third-order valence-corrected chi connectivity index (χ3v) is 4.19. The van der Waals surface area contributed by atoms with Crippen LogP contribution in [-0.2, 0) is 11.3 Å². The molecule has 0 aliphatic carbocycles. The smallest absolute Gasteiger partial charge is 0.109 e. The molecule has 2 aromatic rings. The number of ether oxygens (including phenoxy) is 1. The lowest BCUT2D eigenvalue weighted by atomic mass is 10.2. The fraction of sp³-hybridized carbons (Fsp3) is 0.438. The molecule has 0 radical (unpaired) electrons. The predicted molar refractivity (Wildman–Crippen MR) is 85.4 cm³/mol. The molecule has 0 bridgehead atoms. The summed E-state index contributed by atoms with van der Waals surface area (Å²) in [5.41, 5.74) is 1.12. The summed E-state index contributed by atoms with van der Waals surface area (Å²) < 4.78 is 5.52. The maximum Gasteiger partial charge on any atom is 0.109 e. The number of rotatable bonds is 8. The maximum absolute atomic E-state index is 9.92. The van der Waals surface area contributed by atoms with Crippen molar-refractivity contribution in [2.75, 3.05) is 13.2 Å². The summed E-state index contributed by atoms with van der Waals surface area (Å²) in [7, 11) is 0. The van der Waals surface area contributed by atoms with Gasteiger partial charge in [-0.25, -0.2) is 4.98 Å². The molecule has 21 heavy (non-hydrogen) atoms. The Morgan fingerprint density at radius 3 is 2.76 bits per heavy atom. The van der Waals surface area contributed by atoms with Crippen molar-refractivity contribution < 1.29 is 9.84 Å². The molecule has 114 valence electrons. The summed E-state index contributed by atoms with van der Waals surface area (Å²) in [6.07, 6.45) is 1.36. The quantitative estimate of drug-likeness (QED) is 0.787. The largest absolute Gasteiger partial charge is 0.389 e. The number of hydrogen-bond acceptors (Lipinski definition) is 5. The van der Waals surface area contributed by atoms with Crippen LogP contribution >= 0.6 is 11.3 Å². The van der Waals surface area contributed by atoms with Crippen molar-refractivity contribution in [3.8, 4) is 0 Å². The minimum atomic E-state index is -0.516. The first kappa shape index (κ1) is 16.1. The van der Waals surface area contributed by atoms with Gasteiger partial charge < -0.3 is 15.2 Å². The average Bonchev–Trinajstić information content (AvgIpc) is 2.92. The number of nitrogens with one attached hydrogen (secondary N) is 1. The van der Waals surface area contributed by atoms with E-state index in [4.69, 9.17) is 4.74 Å². The zero-order valence-corrected chi connectivity index (χ0v) is 13.3. The summed E-state index contributed by atoms with van der Waals surface area (Å²) in [4.78, 5) is 5.54. The molecular formula is C16H22N2O2S. The lowest BCUT2D eigenvalue weighted by Crippen LogP contribution is -2.32. The van der Waals surface area contributed by atoms with Gasteiger partial charge in [-0.05, 0) is 19.4 Å². The normalized spacial score (nSPS) is 14.0. The van der Waals surface area contributed by atoms with Crippen molar-refractivity contribution in [3.63, 3.8) is 0 Å². The predicted octanol–water partition coefficient (Wildman–Crippen LogP) is 2.68. The van der Waals surface area contributed by atoms with E-state index in [-0.39, 0.29) is 6.04 Å². The van der Waals surface area contributed by atoms with Crippen molar-refractivity contribution in [1.82, 2.24) is 10.3 Å². The molecule has 0 saturated heterocycles. The van der Waals surface area contributed by atoms with Crippen LogP contribution in [0.2, 0.25) is 0 Å². The van der Waals surface area contributed by atoms with Gasteiger partial charge in [0.25, 0.3) is 0 Å². The molecule has 0 aliphatic rings. The zero-order chi connectivity index (χ0) is 15.1. The Kier molecular flexibility index (Phi) is 6.32. The van der Waals surface area contributed by atoms with Gasteiger partial charge in [0.05, 0.1) is 25.4 Å². The first-order valence-electron chi connectivity index (χ1n) is 7.10. The molecular weight excluding hydrogens is 284 g/mol. The highest BCUT2D eigenvalue weighted by atomic mass is 32.1. The molecule has 0 aliphatic heterocycles. The van der Waals surface area contributed by atoms with Gasteiger partial charge in [-0.15, -0.1) is 11.3 Å². The molecule has 5 heteroatoms. The van der Waals surface area contributed by atoms with Crippen molar-refractivity contribution in [2.45, 2.75) is 32.6 Å². The first-order valence-corrected chi connectivity index (χ1v) is 7.92. The number of hydrogen-bond donors (Lipinski definition) is 2. The molecule has 2 rings (SSSR count). The highest BCUT2D eigenvalue weighted by Crippen LogP contribution is 2.18. The molecule has 2 atom stereocenters. The Labute approximate surface area is 129 Å². The Morgan fingerprint density at radius 2 is 2.10 bits per heavy atom. The van der Waals surface area contributed by atoms with E-state index in [0.717, 1.165) is 10.6 Å². The van der Waals surface area contributed by atoms with E-state index < -0.39 is 6.10 Å². The highest BCUT2D eigenvalue weighted by Gasteiger charge is 2.11. The Balaban J connectivity index is 1.64. The monoisotopic (exact) mass is 306 g/mol. The van der Waals surface area contributed by atoms with E-state index >= 15 is 0 Å². The molecule has 0 spiro atoms. The van der Waals surface area contributed by atoms with Crippen LogP contribution in [0.15, 0.2) is 36.5 Å². The van der Waals surface area contributed by atoms with E-state index in [1.807, 2.05) is 43.5 Å². The number of aliphatic hydroxyl groups is 1. The average molecular weight is 306 g/mol. The summed E-state index contributed by atoms with van der Waals surface area (Å²) in [5.74, 6) is 0. The second-order valence-electron chi connectivity index (χ2n) is 5.09. The lowest BCUT2D eigenvalue weighted by molar-refractivity contribution is 0.0278. The van der Waals surface area contributed by atoms with Crippen LogP contribution in [0.25, 0.3) is 0 Å². The highest BCUT2D eigenvalue weighted by molar-refractivity contribution is 7.11. The van der Waals surface area contributed by atoms with E-state index in [2.05, 4.69) is 17.2 Å². The van der Waals surface area contributed by atoms with Crippen LogP contribution in [0, 0.1) is 6.92 Å². The zero-order valence-electron chi connectivity index (χ0n) is 12.5. The van der Waals surface area contributed by atoms with Crippen molar-refractivity contribution in [1.29, 1.82) is 0 Å². The molecule has 4 nitrogen and oxygen atoms in total. The molecule has 1 aromatic heterocycles. The molecule has 2 N–H and O–H groups in total. The van der Waals surface area contributed by atoms with Gasteiger partial charge in [-0.2, -0.15) is 0 Å². The summed E-state index contributed by atoms with van der Waals surface area (Å²) >= 11 is 1.68. The van der Waals surface area contributed by atoms with Crippen molar-refractivity contribution >= 4 is 11.3 Å².